The Balaban J connectivity index is 1.89. The van der Waals surface area contributed by atoms with Crippen LogP contribution in [-0.2, 0) is 10.0 Å². The Morgan fingerprint density at radius 2 is 1.67 bits per heavy atom. The van der Waals surface area contributed by atoms with Crippen LogP contribution in [0.2, 0.25) is 0 Å². The highest BCUT2D eigenvalue weighted by Gasteiger charge is 2.26. The standard InChI is InChI=1S/C14H22FN3O2S/c15-13-3-5-14(6-4-13)17-8-10-18(11-9-17)21(19,20)12-2-1-7-16/h3-6H,1-2,7-12,16H2. The molecule has 0 amide bonds. The maximum absolute atomic E-state index is 12.9. The van der Waals surface area contributed by atoms with E-state index in [1.165, 1.54) is 12.1 Å². The fraction of sp³-hybridized carbons (Fsp3) is 0.571. The van der Waals surface area contributed by atoms with Crippen LogP contribution in [0.15, 0.2) is 24.3 Å². The summed E-state index contributed by atoms with van der Waals surface area (Å²) in [4.78, 5) is 2.07. The van der Waals surface area contributed by atoms with Gasteiger partial charge in [-0.05, 0) is 43.7 Å². The van der Waals surface area contributed by atoms with Crippen molar-refractivity contribution >= 4 is 15.7 Å². The highest BCUT2D eigenvalue weighted by molar-refractivity contribution is 7.89. The Morgan fingerprint density at radius 1 is 1.05 bits per heavy atom. The zero-order valence-electron chi connectivity index (χ0n) is 12.0. The molecule has 0 saturated carbocycles. The monoisotopic (exact) mass is 315 g/mol. The number of anilines is 1. The van der Waals surface area contributed by atoms with Gasteiger partial charge in [0.1, 0.15) is 5.82 Å². The minimum atomic E-state index is -3.18. The third-order valence-corrected chi connectivity index (χ3v) is 5.64. The Labute approximate surface area is 125 Å². The predicted molar refractivity (Wildman–Crippen MR) is 82.3 cm³/mol. The topological polar surface area (TPSA) is 66.6 Å². The van der Waals surface area contributed by atoms with E-state index in [9.17, 15) is 12.8 Å². The lowest BCUT2D eigenvalue weighted by Crippen LogP contribution is -2.49. The van der Waals surface area contributed by atoms with Crippen LogP contribution in [0.5, 0.6) is 0 Å². The molecule has 1 saturated heterocycles. The molecule has 1 aliphatic rings. The van der Waals surface area contributed by atoms with Crippen LogP contribution in [0.25, 0.3) is 0 Å². The molecule has 1 aromatic carbocycles. The van der Waals surface area contributed by atoms with E-state index in [-0.39, 0.29) is 11.6 Å². The van der Waals surface area contributed by atoms with Gasteiger partial charge in [0, 0.05) is 31.9 Å². The molecule has 0 radical (unpaired) electrons. The molecule has 1 aromatic rings. The van der Waals surface area contributed by atoms with Gasteiger partial charge >= 0.3 is 0 Å². The van der Waals surface area contributed by atoms with Crippen molar-refractivity contribution in [2.75, 3.05) is 43.4 Å². The molecule has 1 fully saturated rings. The summed E-state index contributed by atoms with van der Waals surface area (Å²) >= 11 is 0. The average molecular weight is 315 g/mol. The zero-order chi connectivity index (χ0) is 15.3. The van der Waals surface area contributed by atoms with Crippen molar-refractivity contribution in [3.63, 3.8) is 0 Å². The van der Waals surface area contributed by atoms with Crippen LogP contribution in [-0.4, -0.2) is 51.2 Å². The van der Waals surface area contributed by atoms with Crippen molar-refractivity contribution in [3.8, 4) is 0 Å². The molecule has 0 unspecified atom stereocenters. The van der Waals surface area contributed by atoms with Gasteiger partial charge in [0.05, 0.1) is 5.75 Å². The van der Waals surface area contributed by atoms with E-state index in [4.69, 9.17) is 5.73 Å². The second-order valence-electron chi connectivity index (χ2n) is 5.17. The van der Waals surface area contributed by atoms with Gasteiger partial charge in [-0.1, -0.05) is 0 Å². The first-order valence-corrected chi connectivity index (χ1v) is 8.82. The molecule has 118 valence electrons. The third kappa shape index (κ3) is 4.39. The van der Waals surface area contributed by atoms with E-state index >= 15 is 0 Å². The number of piperazine rings is 1. The van der Waals surface area contributed by atoms with Crippen LogP contribution in [0.3, 0.4) is 0 Å². The van der Waals surface area contributed by atoms with Gasteiger partial charge in [-0.15, -0.1) is 0 Å². The number of nitrogens with two attached hydrogens (primary N) is 1. The SMILES string of the molecule is NCCCCS(=O)(=O)N1CCN(c2ccc(F)cc2)CC1. The molecule has 2 N–H and O–H groups in total. The molecule has 7 heteroatoms. The number of unbranched alkanes of at least 4 members (excludes halogenated alkanes) is 1. The van der Waals surface area contributed by atoms with Gasteiger partial charge in [0.2, 0.25) is 10.0 Å². The quantitative estimate of drug-likeness (QED) is 0.796. The van der Waals surface area contributed by atoms with Crippen molar-refractivity contribution < 1.29 is 12.8 Å². The molecule has 0 aromatic heterocycles. The lowest BCUT2D eigenvalue weighted by Gasteiger charge is -2.35. The molecule has 0 bridgehead atoms. The molecule has 1 aliphatic heterocycles. The molecule has 2 rings (SSSR count). The van der Waals surface area contributed by atoms with E-state index in [2.05, 4.69) is 4.90 Å². The second kappa shape index (κ2) is 7.20. The first-order chi connectivity index (χ1) is 10.0. The van der Waals surface area contributed by atoms with Crippen LogP contribution in [0.4, 0.5) is 10.1 Å². The highest BCUT2D eigenvalue weighted by atomic mass is 32.2. The minimum Gasteiger partial charge on any atom is -0.369 e. The molecule has 1 heterocycles. The lowest BCUT2D eigenvalue weighted by molar-refractivity contribution is 0.384. The summed E-state index contributed by atoms with van der Waals surface area (Å²) in [6.07, 6.45) is 1.34. The average Bonchev–Trinajstić information content (AvgIpc) is 2.48. The number of benzene rings is 1. The van der Waals surface area contributed by atoms with Crippen LogP contribution < -0.4 is 10.6 Å². The molecule has 0 spiro atoms. The fourth-order valence-electron chi connectivity index (χ4n) is 2.43. The molecule has 5 nitrogen and oxygen atoms in total. The summed E-state index contributed by atoms with van der Waals surface area (Å²) in [5, 5.41) is 0. The summed E-state index contributed by atoms with van der Waals surface area (Å²) in [6.45, 7) is 2.72. The second-order valence-corrected chi connectivity index (χ2v) is 7.26. The minimum absolute atomic E-state index is 0.167. The maximum atomic E-state index is 12.9. The first-order valence-electron chi connectivity index (χ1n) is 7.21. The number of rotatable bonds is 6. The summed E-state index contributed by atoms with van der Waals surface area (Å²) < 4.78 is 38.8. The lowest BCUT2D eigenvalue weighted by atomic mass is 10.2. The van der Waals surface area contributed by atoms with E-state index in [0.29, 0.717) is 39.1 Å². The van der Waals surface area contributed by atoms with Gasteiger partial charge in [-0.2, -0.15) is 4.31 Å². The van der Waals surface area contributed by atoms with Gasteiger partial charge in [-0.3, -0.25) is 0 Å². The van der Waals surface area contributed by atoms with Crippen LogP contribution in [0, 0.1) is 5.82 Å². The van der Waals surface area contributed by atoms with Crippen molar-refractivity contribution in [2.24, 2.45) is 5.73 Å². The maximum Gasteiger partial charge on any atom is 0.214 e. The Bertz CT molecular complexity index is 540. The van der Waals surface area contributed by atoms with Gasteiger partial charge in [0.15, 0.2) is 0 Å². The summed E-state index contributed by atoms with van der Waals surface area (Å²) in [5.74, 6) is -0.0966. The van der Waals surface area contributed by atoms with Gasteiger partial charge in [-0.25, -0.2) is 12.8 Å². The van der Waals surface area contributed by atoms with E-state index in [0.717, 1.165) is 12.1 Å². The van der Waals surface area contributed by atoms with Crippen LogP contribution >= 0.6 is 0 Å². The van der Waals surface area contributed by atoms with Crippen LogP contribution in [0.1, 0.15) is 12.8 Å². The van der Waals surface area contributed by atoms with Gasteiger partial charge in [0.25, 0.3) is 0 Å². The fourth-order valence-corrected chi connectivity index (χ4v) is 3.98. The van der Waals surface area contributed by atoms with Crippen molar-refractivity contribution in [2.45, 2.75) is 12.8 Å². The molecule has 0 atom stereocenters. The van der Waals surface area contributed by atoms with Crippen molar-refractivity contribution in [1.29, 1.82) is 0 Å². The first kappa shape index (κ1) is 16.2. The number of sulfonamides is 1. The Kier molecular flexibility index (Phi) is 5.55. The number of hydrogen-bond donors (Lipinski definition) is 1. The largest absolute Gasteiger partial charge is 0.369 e. The van der Waals surface area contributed by atoms with Crippen molar-refractivity contribution in [3.05, 3.63) is 30.1 Å². The molecular formula is C14H22FN3O2S. The summed E-state index contributed by atoms with van der Waals surface area (Å²) in [5.41, 5.74) is 6.32. The smallest absolute Gasteiger partial charge is 0.214 e. The molecule has 21 heavy (non-hydrogen) atoms. The highest BCUT2D eigenvalue weighted by Crippen LogP contribution is 2.18. The number of halogens is 1. The number of hydrogen-bond acceptors (Lipinski definition) is 4. The predicted octanol–water partition coefficient (Wildman–Crippen LogP) is 1.02. The molecular weight excluding hydrogens is 293 g/mol. The normalized spacial score (nSPS) is 17.1. The van der Waals surface area contributed by atoms with E-state index < -0.39 is 10.0 Å². The van der Waals surface area contributed by atoms with Crippen molar-refractivity contribution in [1.82, 2.24) is 4.31 Å². The summed E-state index contributed by atoms with van der Waals surface area (Å²) in [7, 11) is -3.18. The van der Waals surface area contributed by atoms with Gasteiger partial charge < -0.3 is 10.6 Å². The zero-order valence-corrected chi connectivity index (χ0v) is 12.9. The summed E-state index contributed by atoms with van der Waals surface area (Å²) in [6, 6.07) is 6.29. The molecule has 0 aliphatic carbocycles. The number of nitrogens with zero attached hydrogens (tertiary/aromatic N) is 2. The van der Waals surface area contributed by atoms with E-state index in [1.807, 2.05) is 0 Å². The Hall–Kier alpha value is -1.18. The Morgan fingerprint density at radius 3 is 2.24 bits per heavy atom. The van der Waals surface area contributed by atoms with E-state index in [1.54, 1.807) is 16.4 Å². The third-order valence-electron chi connectivity index (χ3n) is 3.68.